The molecule has 0 radical (unpaired) electrons. The van der Waals surface area contributed by atoms with Crippen LogP contribution in [-0.2, 0) is 16.1 Å². The minimum Gasteiger partial charge on any atom is -0.383 e. The highest BCUT2D eigenvalue weighted by Gasteiger charge is 2.69. The number of methoxy groups -OCH3 is 1. The molecule has 1 atom stereocenters. The molecule has 0 aliphatic heterocycles. The van der Waals surface area contributed by atoms with Crippen molar-refractivity contribution in [2.24, 2.45) is 11.3 Å². The fourth-order valence-electron chi connectivity index (χ4n) is 2.81. The van der Waals surface area contributed by atoms with Crippen molar-refractivity contribution in [3.8, 4) is 0 Å². The number of alkyl halides is 2. The second-order valence-electron chi connectivity index (χ2n) is 7.16. The zero-order chi connectivity index (χ0) is 19.9. The Kier molecular flexibility index (Phi) is 5.80. The summed E-state index contributed by atoms with van der Waals surface area (Å²) in [4.78, 5) is 41.1. The van der Waals surface area contributed by atoms with E-state index in [9.17, 15) is 14.4 Å². The molecular formula is C16H24Cl2N4O4. The van der Waals surface area contributed by atoms with Crippen LogP contribution < -0.4 is 21.9 Å². The van der Waals surface area contributed by atoms with Crippen LogP contribution in [0.4, 0.5) is 11.5 Å². The van der Waals surface area contributed by atoms with Crippen molar-refractivity contribution >= 4 is 40.6 Å². The van der Waals surface area contributed by atoms with Gasteiger partial charge in [-0.3, -0.25) is 19.1 Å². The molecule has 0 bridgehead atoms. The number of nitrogens with two attached hydrogens (primary N) is 1. The molecule has 2 rings (SSSR count). The summed E-state index contributed by atoms with van der Waals surface area (Å²) >= 11 is 12.3. The molecule has 1 aromatic heterocycles. The largest absolute Gasteiger partial charge is 0.383 e. The number of carbonyl (C=O) groups is 1. The van der Waals surface area contributed by atoms with Gasteiger partial charge in [0.15, 0.2) is 5.69 Å². The number of H-pyrrole nitrogens is 1. The summed E-state index contributed by atoms with van der Waals surface area (Å²) in [5.41, 5.74) is 3.62. The molecule has 1 amide bonds. The molecule has 1 saturated carbocycles. The number of rotatable bonds is 7. The molecule has 146 valence electrons. The van der Waals surface area contributed by atoms with Crippen molar-refractivity contribution in [3.05, 3.63) is 20.8 Å². The lowest BCUT2D eigenvalue weighted by Gasteiger charge is -2.27. The maximum absolute atomic E-state index is 13.1. The van der Waals surface area contributed by atoms with Gasteiger partial charge in [-0.2, -0.15) is 0 Å². The molecule has 1 heterocycles. The van der Waals surface area contributed by atoms with Crippen molar-refractivity contribution in [1.29, 1.82) is 0 Å². The van der Waals surface area contributed by atoms with Gasteiger partial charge in [0, 0.05) is 20.2 Å². The first kappa shape index (κ1) is 20.8. The van der Waals surface area contributed by atoms with Gasteiger partial charge in [-0.1, -0.05) is 13.8 Å². The van der Waals surface area contributed by atoms with Crippen LogP contribution in [0.15, 0.2) is 9.59 Å². The van der Waals surface area contributed by atoms with E-state index < -0.39 is 26.9 Å². The maximum atomic E-state index is 13.1. The zero-order valence-electron chi connectivity index (χ0n) is 15.3. The van der Waals surface area contributed by atoms with E-state index in [2.05, 4.69) is 4.98 Å². The molecule has 0 saturated heterocycles. The predicted molar refractivity (Wildman–Crippen MR) is 102 cm³/mol. The summed E-state index contributed by atoms with van der Waals surface area (Å²) in [6, 6.07) is 0. The van der Waals surface area contributed by atoms with Crippen molar-refractivity contribution < 1.29 is 9.53 Å². The quantitative estimate of drug-likeness (QED) is 0.663. The summed E-state index contributed by atoms with van der Waals surface area (Å²) in [7, 11) is 1.47. The van der Waals surface area contributed by atoms with Crippen LogP contribution in [0.2, 0.25) is 0 Å². The summed E-state index contributed by atoms with van der Waals surface area (Å²) in [6.45, 7) is 5.98. The van der Waals surface area contributed by atoms with Crippen LogP contribution in [0.25, 0.3) is 0 Å². The minimum absolute atomic E-state index is 0.0714. The number of nitrogens with zero attached hydrogens (tertiary/aromatic N) is 2. The number of hydrogen-bond donors (Lipinski definition) is 2. The third-order valence-corrected chi connectivity index (χ3v) is 5.63. The highest BCUT2D eigenvalue weighted by atomic mass is 35.5. The predicted octanol–water partition coefficient (Wildman–Crippen LogP) is 1.34. The molecule has 0 spiro atoms. The summed E-state index contributed by atoms with van der Waals surface area (Å²) in [5.74, 6) is -0.404. The number of nitrogens with one attached hydrogen (secondary N) is 1. The number of amides is 1. The van der Waals surface area contributed by atoms with E-state index >= 15 is 0 Å². The number of aromatic amines is 1. The lowest BCUT2D eigenvalue weighted by atomic mass is 10.1. The molecule has 1 unspecified atom stereocenters. The Balaban J connectivity index is 2.57. The van der Waals surface area contributed by atoms with Crippen molar-refractivity contribution in [3.63, 3.8) is 0 Å². The number of carbonyl (C=O) groups excluding carboxylic acids is 1. The van der Waals surface area contributed by atoms with Crippen LogP contribution >= 0.6 is 23.2 Å². The average Bonchev–Trinajstić information content (AvgIpc) is 3.05. The Morgan fingerprint density at radius 1 is 1.42 bits per heavy atom. The van der Waals surface area contributed by atoms with Crippen molar-refractivity contribution in [1.82, 2.24) is 9.55 Å². The maximum Gasteiger partial charge on any atom is 0.330 e. The van der Waals surface area contributed by atoms with Gasteiger partial charge in [-0.15, -0.1) is 23.2 Å². The fourth-order valence-corrected chi connectivity index (χ4v) is 3.51. The van der Waals surface area contributed by atoms with Crippen molar-refractivity contribution in [2.45, 2.75) is 38.1 Å². The topological polar surface area (TPSA) is 110 Å². The molecule has 3 N–H and O–H groups in total. The smallest absolute Gasteiger partial charge is 0.330 e. The first-order valence-corrected chi connectivity index (χ1v) is 9.03. The highest BCUT2D eigenvalue weighted by Crippen LogP contribution is 2.64. The minimum atomic E-state index is -1.21. The Morgan fingerprint density at radius 2 is 2.00 bits per heavy atom. The molecule has 10 heteroatoms. The van der Waals surface area contributed by atoms with Crippen LogP contribution in [0.3, 0.4) is 0 Å². The third-order valence-electron chi connectivity index (χ3n) is 4.53. The number of nitrogen functional groups attached to an aromatic ring is 1. The lowest BCUT2D eigenvalue weighted by Crippen LogP contribution is -2.46. The molecule has 1 aromatic rings. The van der Waals surface area contributed by atoms with Crippen LogP contribution in [0, 0.1) is 11.3 Å². The van der Waals surface area contributed by atoms with E-state index in [1.54, 1.807) is 6.92 Å². The number of aromatic nitrogens is 2. The first-order valence-electron chi connectivity index (χ1n) is 8.27. The molecule has 1 fully saturated rings. The van der Waals surface area contributed by atoms with Gasteiger partial charge >= 0.3 is 5.69 Å². The van der Waals surface area contributed by atoms with E-state index in [-0.39, 0.29) is 37.0 Å². The number of halogens is 2. The normalized spacial score (nSPS) is 21.0. The Hall–Kier alpha value is -1.51. The van der Waals surface area contributed by atoms with Gasteiger partial charge in [0.05, 0.1) is 12.0 Å². The van der Waals surface area contributed by atoms with E-state index in [4.69, 9.17) is 33.7 Å². The fraction of sp³-hybridized carbons (Fsp3) is 0.688. The summed E-state index contributed by atoms with van der Waals surface area (Å²) in [6.07, 6.45) is 0.259. The number of anilines is 2. The number of ether oxygens (including phenoxy) is 1. The lowest BCUT2D eigenvalue weighted by molar-refractivity contribution is -0.123. The van der Waals surface area contributed by atoms with Gasteiger partial charge in [0.1, 0.15) is 10.2 Å². The third kappa shape index (κ3) is 3.63. The van der Waals surface area contributed by atoms with E-state index in [1.807, 2.05) is 13.8 Å². The van der Waals surface area contributed by atoms with Gasteiger partial charge in [-0.05, 0) is 19.3 Å². The van der Waals surface area contributed by atoms with Gasteiger partial charge in [0.25, 0.3) is 5.56 Å². The van der Waals surface area contributed by atoms with E-state index in [1.165, 1.54) is 16.6 Å². The van der Waals surface area contributed by atoms with E-state index in [0.717, 1.165) is 0 Å². The SMILES string of the molecule is COCCN(C(=O)C1(C)CC1(Cl)Cl)c1c(N)n(CC(C)C)c(=O)[nH]c1=O. The molecule has 0 aromatic carbocycles. The Morgan fingerprint density at radius 3 is 2.46 bits per heavy atom. The van der Waals surface area contributed by atoms with Gasteiger partial charge < -0.3 is 15.4 Å². The van der Waals surface area contributed by atoms with Gasteiger partial charge in [-0.25, -0.2) is 4.79 Å². The molecule has 1 aliphatic rings. The Labute approximate surface area is 161 Å². The van der Waals surface area contributed by atoms with Crippen LogP contribution in [-0.4, -0.2) is 40.1 Å². The molecule has 8 nitrogen and oxygen atoms in total. The van der Waals surface area contributed by atoms with E-state index in [0.29, 0.717) is 6.54 Å². The first-order chi connectivity index (χ1) is 12.0. The van der Waals surface area contributed by atoms with Crippen LogP contribution in [0.5, 0.6) is 0 Å². The second kappa shape index (κ2) is 7.25. The Bertz CT molecular complexity index is 817. The summed E-state index contributed by atoms with van der Waals surface area (Å²) < 4.78 is 5.09. The highest BCUT2D eigenvalue weighted by molar-refractivity contribution is 6.53. The van der Waals surface area contributed by atoms with Crippen molar-refractivity contribution in [2.75, 3.05) is 30.9 Å². The molecule has 1 aliphatic carbocycles. The second-order valence-corrected chi connectivity index (χ2v) is 8.64. The molecule has 26 heavy (non-hydrogen) atoms. The monoisotopic (exact) mass is 406 g/mol. The molecular weight excluding hydrogens is 383 g/mol. The summed E-state index contributed by atoms with van der Waals surface area (Å²) in [5, 5.41) is 0. The average molecular weight is 407 g/mol. The van der Waals surface area contributed by atoms with Gasteiger partial charge in [0.2, 0.25) is 5.91 Å². The zero-order valence-corrected chi connectivity index (χ0v) is 16.8. The van der Waals surface area contributed by atoms with Crippen LogP contribution in [0.1, 0.15) is 27.2 Å². The standard InChI is InChI=1S/C16H24Cl2N4O4/c1-9(2)7-22-11(19)10(12(23)20-14(22)25)21(5-6-26-4)13(24)15(3)8-16(15,17)18/h9H,5-8,19H2,1-4H3,(H,20,23,25). The number of hydrogen-bond acceptors (Lipinski definition) is 5.